The molecule has 46 heavy (non-hydrogen) atoms. The van der Waals surface area contributed by atoms with E-state index in [4.69, 9.17) is 4.98 Å². The Bertz CT molecular complexity index is 2260. The Morgan fingerprint density at radius 2 is 1.09 bits per heavy atom. The second-order valence-corrected chi connectivity index (χ2v) is 11.0. The van der Waals surface area contributed by atoms with E-state index in [0.29, 0.717) is 0 Å². The second-order valence-electron chi connectivity index (χ2n) is 11.0. The van der Waals surface area contributed by atoms with Crippen LogP contribution in [-0.2, 0) is 20.1 Å². The minimum atomic E-state index is 0. The molecule has 2 heterocycles. The fourth-order valence-electron chi connectivity index (χ4n) is 5.97. The second kappa shape index (κ2) is 12.9. The van der Waals surface area contributed by atoms with Gasteiger partial charge in [-0.05, 0) is 88.1 Å². The summed E-state index contributed by atoms with van der Waals surface area (Å²) in [4.78, 5) is 9.72. The molecule has 0 N–H and O–H groups in total. The Labute approximate surface area is 282 Å². The summed E-state index contributed by atoms with van der Waals surface area (Å²) < 4.78 is 2.26. The van der Waals surface area contributed by atoms with Crippen molar-refractivity contribution >= 4 is 11.0 Å². The number of para-hydroxylation sites is 3. The van der Waals surface area contributed by atoms with Gasteiger partial charge in [0.2, 0.25) is 0 Å². The fraction of sp³-hybridized carbons (Fsp3) is 0. The average molecular weight is 767 g/mol. The summed E-state index contributed by atoms with van der Waals surface area (Å²) >= 11 is 0. The minimum absolute atomic E-state index is 0. The van der Waals surface area contributed by atoms with E-state index in [9.17, 15) is 0 Å². The Morgan fingerprint density at radius 3 is 1.87 bits per heavy atom. The molecule has 0 atom stereocenters. The van der Waals surface area contributed by atoms with Crippen LogP contribution in [-0.4, -0.2) is 14.5 Å². The number of pyridine rings is 1. The van der Waals surface area contributed by atoms with Gasteiger partial charge in [-0.1, -0.05) is 91.0 Å². The smallest absolute Gasteiger partial charge is 0.145 e. The predicted octanol–water partition coefficient (Wildman–Crippen LogP) is 10.6. The number of rotatable bonds is 6. The number of aromatic nitrogens is 3. The van der Waals surface area contributed by atoms with Crippen molar-refractivity contribution in [2.75, 3.05) is 0 Å². The molecule has 8 rings (SSSR count). The van der Waals surface area contributed by atoms with Crippen molar-refractivity contribution in [3.63, 3.8) is 0 Å². The summed E-state index contributed by atoms with van der Waals surface area (Å²) in [5.41, 5.74) is 12.9. The van der Waals surface area contributed by atoms with Crippen molar-refractivity contribution in [2.45, 2.75) is 0 Å². The van der Waals surface area contributed by atoms with E-state index in [-0.39, 0.29) is 20.1 Å². The summed E-state index contributed by atoms with van der Waals surface area (Å²) in [5.74, 6) is 0.913. The molecule has 4 heteroatoms. The van der Waals surface area contributed by atoms with Crippen LogP contribution >= 0.6 is 0 Å². The van der Waals surface area contributed by atoms with Crippen LogP contribution in [0.3, 0.4) is 0 Å². The van der Waals surface area contributed by atoms with Gasteiger partial charge in [-0.25, -0.2) is 4.98 Å². The molecule has 8 aromatic rings. The molecule has 0 saturated heterocycles. The molecule has 0 aliphatic heterocycles. The molecule has 0 aliphatic carbocycles. The number of nitrogens with zero attached hydrogens (tertiary/aromatic N) is 3. The van der Waals surface area contributed by atoms with Crippen molar-refractivity contribution in [1.82, 2.24) is 14.5 Å². The topological polar surface area (TPSA) is 30.7 Å². The van der Waals surface area contributed by atoms with E-state index >= 15 is 0 Å². The first-order chi connectivity index (χ1) is 22.3. The Kier molecular flexibility index (Phi) is 8.22. The Balaban J connectivity index is 0.00000338. The molecular weight excluding hydrogens is 739 g/mol. The van der Waals surface area contributed by atoms with Crippen LogP contribution in [0.1, 0.15) is 0 Å². The molecular formula is C42H28IrN3-. The SMILES string of the molecule is [Ir].[c-]1ccc(-c2cccc(-c3cc(-c4ccccc4)cc(-c4nc5ccccc5n4-c4ccccc4)c3)c2)cc1-c1ccccn1. The normalized spacial score (nSPS) is 10.9. The Hall–Kier alpha value is -5.41. The predicted molar refractivity (Wildman–Crippen MR) is 185 cm³/mol. The molecule has 0 unspecified atom stereocenters. The fourth-order valence-corrected chi connectivity index (χ4v) is 5.97. The summed E-state index contributed by atoms with van der Waals surface area (Å²) in [6, 6.07) is 60.5. The molecule has 1 radical (unpaired) electrons. The van der Waals surface area contributed by atoms with Crippen LogP contribution in [0, 0.1) is 6.07 Å². The zero-order valence-electron chi connectivity index (χ0n) is 24.8. The Morgan fingerprint density at radius 1 is 0.478 bits per heavy atom. The van der Waals surface area contributed by atoms with Gasteiger partial charge in [0.05, 0.1) is 11.0 Å². The summed E-state index contributed by atoms with van der Waals surface area (Å²) in [6.45, 7) is 0. The quantitative estimate of drug-likeness (QED) is 0.158. The first-order valence-corrected chi connectivity index (χ1v) is 15.1. The minimum Gasteiger partial charge on any atom is -0.305 e. The van der Waals surface area contributed by atoms with E-state index in [1.165, 1.54) is 0 Å². The largest absolute Gasteiger partial charge is 0.305 e. The molecule has 0 saturated carbocycles. The van der Waals surface area contributed by atoms with Crippen molar-refractivity contribution in [3.05, 3.63) is 176 Å². The van der Waals surface area contributed by atoms with Gasteiger partial charge in [0.1, 0.15) is 5.82 Å². The van der Waals surface area contributed by atoms with Gasteiger partial charge >= 0.3 is 0 Å². The number of hydrogen-bond donors (Lipinski definition) is 0. The van der Waals surface area contributed by atoms with Crippen LogP contribution in [0.2, 0.25) is 0 Å². The van der Waals surface area contributed by atoms with Gasteiger partial charge in [0, 0.05) is 37.6 Å². The van der Waals surface area contributed by atoms with E-state index in [1.54, 1.807) is 0 Å². The third-order valence-corrected chi connectivity index (χ3v) is 8.15. The maximum atomic E-state index is 5.19. The van der Waals surface area contributed by atoms with Gasteiger partial charge in [-0.2, -0.15) is 0 Å². The van der Waals surface area contributed by atoms with Gasteiger partial charge in [0.15, 0.2) is 0 Å². The molecule has 0 aliphatic rings. The number of hydrogen-bond acceptors (Lipinski definition) is 2. The molecule has 2 aromatic heterocycles. The van der Waals surface area contributed by atoms with E-state index in [0.717, 1.165) is 72.7 Å². The monoisotopic (exact) mass is 767 g/mol. The van der Waals surface area contributed by atoms with Crippen LogP contribution in [0.15, 0.2) is 170 Å². The molecule has 0 spiro atoms. The van der Waals surface area contributed by atoms with Crippen LogP contribution in [0.5, 0.6) is 0 Å². The molecule has 3 nitrogen and oxygen atoms in total. The standard InChI is InChI=1S/C42H28N3.Ir/c1-3-13-30(14-4-1)35-27-36(33-17-11-15-31(25-33)32-16-12-18-34(26-32)39-21-9-10-24-43-39)29-37(28-35)42-44-40-22-7-8-23-41(40)45(42)38-19-5-2-6-20-38;/h1-17,19-29H;/q-1;. The third kappa shape index (κ3) is 5.73. The first kappa shape index (κ1) is 29.3. The molecule has 0 amide bonds. The zero-order valence-corrected chi connectivity index (χ0v) is 27.2. The van der Waals surface area contributed by atoms with Gasteiger partial charge < -0.3 is 4.98 Å². The van der Waals surface area contributed by atoms with Crippen molar-refractivity contribution in [3.8, 4) is 61.7 Å². The van der Waals surface area contributed by atoms with Gasteiger partial charge in [0.25, 0.3) is 0 Å². The molecule has 6 aromatic carbocycles. The number of imidazole rings is 1. The maximum absolute atomic E-state index is 5.19. The summed E-state index contributed by atoms with van der Waals surface area (Å²) in [6.07, 6.45) is 1.82. The molecule has 0 fully saturated rings. The number of benzene rings is 6. The van der Waals surface area contributed by atoms with Crippen molar-refractivity contribution in [2.24, 2.45) is 0 Å². The van der Waals surface area contributed by atoms with Crippen LogP contribution in [0.4, 0.5) is 0 Å². The van der Waals surface area contributed by atoms with E-state index in [2.05, 4.69) is 143 Å². The van der Waals surface area contributed by atoms with Gasteiger partial charge in [-0.15, -0.1) is 35.4 Å². The zero-order chi connectivity index (χ0) is 30.0. The number of fused-ring (bicyclic) bond motifs is 1. The van der Waals surface area contributed by atoms with E-state index < -0.39 is 0 Å². The van der Waals surface area contributed by atoms with Crippen LogP contribution in [0.25, 0.3) is 72.7 Å². The van der Waals surface area contributed by atoms with Crippen molar-refractivity contribution in [1.29, 1.82) is 0 Å². The van der Waals surface area contributed by atoms with E-state index in [1.807, 2.05) is 42.6 Å². The summed E-state index contributed by atoms with van der Waals surface area (Å²) in [7, 11) is 0. The van der Waals surface area contributed by atoms with Gasteiger partial charge in [-0.3, -0.25) is 4.57 Å². The molecule has 221 valence electrons. The maximum Gasteiger partial charge on any atom is 0.145 e. The average Bonchev–Trinajstić information content (AvgIpc) is 3.53. The van der Waals surface area contributed by atoms with Crippen LogP contribution < -0.4 is 0 Å². The third-order valence-electron chi connectivity index (χ3n) is 8.15. The molecule has 0 bridgehead atoms. The summed E-state index contributed by atoms with van der Waals surface area (Å²) in [5, 5.41) is 0. The van der Waals surface area contributed by atoms with Crippen molar-refractivity contribution < 1.29 is 20.1 Å². The first-order valence-electron chi connectivity index (χ1n) is 15.1.